The maximum atomic E-state index is 10.2. The topological polar surface area (TPSA) is 81.5 Å². The van der Waals surface area contributed by atoms with Crippen LogP contribution in [0, 0.1) is 0 Å². The average Bonchev–Trinajstić information content (AvgIpc) is 2.30. The highest BCUT2D eigenvalue weighted by molar-refractivity contribution is 5.67. The SMILES string of the molecule is CCCCCCCCCCCCOCC(=O)O.N. The second kappa shape index (κ2) is 16.4. The Balaban J connectivity index is 0. The highest BCUT2D eigenvalue weighted by atomic mass is 16.5. The van der Waals surface area contributed by atoms with Crippen molar-refractivity contribution in [1.82, 2.24) is 6.15 Å². The van der Waals surface area contributed by atoms with Crippen LogP contribution in [0.3, 0.4) is 0 Å². The Bertz CT molecular complexity index is 174. The van der Waals surface area contributed by atoms with Crippen molar-refractivity contribution in [3.8, 4) is 0 Å². The van der Waals surface area contributed by atoms with Crippen molar-refractivity contribution in [1.29, 1.82) is 0 Å². The number of hydrogen-bond acceptors (Lipinski definition) is 3. The van der Waals surface area contributed by atoms with Gasteiger partial charge in [-0.25, -0.2) is 4.79 Å². The van der Waals surface area contributed by atoms with E-state index in [1.165, 1.54) is 51.4 Å². The Hall–Kier alpha value is -0.610. The number of carboxylic acid groups (broad SMARTS) is 1. The molecule has 0 spiro atoms. The lowest BCUT2D eigenvalue weighted by Gasteiger charge is -2.02. The zero-order valence-electron chi connectivity index (χ0n) is 12.0. The third-order valence-electron chi connectivity index (χ3n) is 2.87. The lowest BCUT2D eigenvalue weighted by molar-refractivity contribution is -0.142. The van der Waals surface area contributed by atoms with Gasteiger partial charge in [-0.3, -0.25) is 0 Å². The lowest BCUT2D eigenvalue weighted by atomic mass is 10.1. The monoisotopic (exact) mass is 261 g/mol. The molecule has 4 heteroatoms. The molecular weight excluding hydrogens is 230 g/mol. The molecule has 0 aliphatic heterocycles. The maximum Gasteiger partial charge on any atom is 0.329 e. The summed E-state index contributed by atoms with van der Waals surface area (Å²) in [5.41, 5.74) is 0. The normalized spacial score (nSPS) is 10.1. The van der Waals surface area contributed by atoms with Crippen LogP contribution in [0.15, 0.2) is 0 Å². The Morgan fingerprint density at radius 2 is 1.33 bits per heavy atom. The number of unbranched alkanes of at least 4 members (excludes halogenated alkanes) is 9. The predicted molar refractivity (Wildman–Crippen MR) is 75.3 cm³/mol. The summed E-state index contributed by atoms with van der Waals surface area (Å²) < 4.78 is 4.97. The minimum absolute atomic E-state index is 0. The van der Waals surface area contributed by atoms with Gasteiger partial charge in [0, 0.05) is 6.61 Å². The van der Waals surface area contributed by atoms with Crippen LogP contribution in [0.4, 0.5) is 0 Å². The van der Waals surface area contributed by atoms with Gasteiger partial charge in [-0.2, -0.15) is 0 Å². The summed E-state index contributed by atoms with van der Waals surface area (Å²) in [4.78, 5) is 10.2. The molecular formula is C14H31NO3. The molecule has 0 atom stereocenters. The number of rotatable bonds is 13. The predicted octanol–water partition coefficient (Wildman–Crippen LogP) is 4.17. The van der Waals surface area contributed by atoms with Gasteiger partial charge in [0.2, 0.25) is 0 Å². The van der Waals surface area contributed by atoms with E-state index in [1.54, 1.807) is 0 Å². The molecule has 0 fully saturated rings. The second-order valence-electron chi connectivity index (χ2n) is 4.63. The molecule has 0 saturated carbocycles. The Morgan fingerprint density at radius 3 is 1.78 bits per heavy atom. The van der Waals surface area contributed by atoms with Crippen molar-refractivity contribution >= 4 is 5.97 Å². The third kappa shape index (κ3) is 17.8. The van der Waals surface area contributed by atoms with E-state index in [0.717, 1.165) is 12.8 Å². The maximum absolute atomic E-state index is 10.2. The fraction of sp³-hybridized carbons (Fsp3) is 0.929. The van der Waals surface area contributed by atoms with E-state index in [2.05, 4.69) is 6.92 Å². The Labute approximate surface area is 112 Å². The van der Waals surface area contributed by atoms with Crippen LogP contribution in [0.5, 0.6) is 0 Å². The minimum atomic E-state index is -0.878. The average molecular weight is 261 g/mol. The first-order chi connectivity index (χ1) is 8.27. The number of ether oxygens (including phenoxy) is 1. The smallest absolute Gasteiger partial charge is 0.329 e. The van der Waals surface area contributed by atoms with Crippen LogP contribution in [0.1, 0.15) is 71.1 Å². The molecule has 0 aromatic heterocycles. The molecule has 0 aliphatic rings. The van der Waals surface area contributed by atoms with E-state index >= 15 is 0 Å². The fourth-order valence-corrected chi connectivity index (χ4v) is 1.85. The first-order valence-corrected chi connectivity index (χ1v) is 7.07. The molecule has 110 valence electrons. The molecule has 0 bridgehead atoms. The van der Waals surface area contributed by atoms with Crippen molar-refractivity contribution in [2.24, 2.45) is 0 Å². The molecule has 0 heterocycles. The van der Waals surface area contributed by atoms with Gasteiger partial charge in [-0.1, -0.05) is 64.7 Å². The highest BCUT2D eigenvalue weighted by Crippen LogP contribution is 2.10. The van der Waals surface area contributed by atoms with Gasteiger partial charge < -0.3 is 16.0 Å². The number of carboxylic acids is 1. The minimum Gasteiger partial charge on any atom is -0.480 e. The second-order valence-corrected chi connectivity index (χ2v) is 4.63. The molecule has 0 rings (SSSR count). The lowest BCUT2D eigenvalue weighted by Crippen LogP contribution is -2.07. The molecule has 0 unspecified atom stereocenters. The zero-order chi connectivity index (χ0) is 12.8. The van der Waals surface area contributed by atoms with E-state index in [0.29, 0.717) is 6.61 Å². The van der Waals surface area contributed by atoms with Crippen LogP contribution in [-0.2, 0) is 9.53 Å². The van der Waals surface area contributed by atoms with Crippen LogP contribution in [0.2, 0.25) is 0 Å². The largest absolute Gasteiger partial charge is 0.480 e. The molecule has 0 aromatic rings. The van der Waals surface area contributed by atoms with E-state index in [-0.39, 0.29) is 12.8 Å². The Morgan fingerprint density at radius 1 is 0.889 bits per heavy atom. The molecule has 0 aliphatic carbocycles. The van der Waals surface area contributed by atoms with Crippen molar-refractivity contribution in [2.45, 2.75) is 71.1 Å². The summed E-state index contributed by atoms with van der Waals surface area (Å²) in [7, 11) is 0. The summed E-state index contributed by atoms with van der Waals surface area (Å²) >= 11 is 0. The van der Waals surface area contributed by atoms with Gasteiger partial charge in [-0.05, 0) is 6.42 Å². The molecule has 0 saturated heterocycles. The van der Waals surface area contributed by atoms with Crippen molar-refractivity contribution in [3.05, 3.63) is 0 Å². The van der Waals surface area contributed by atoms with Gasteiger partial charge >= 0.3 is 5.97 Å². The van der Waals surface area contributed by atoms with E-state index < -0.39 is 5.97 Å². The highest BCUT2D eigenvalue weighted by Gasteiger charge is 1.96. The van der Waals surface area contributed by atoms with Crippen molar-refractivity contribution < 1.29 is 14.6 Å². The number of carbonyl (C=O) groups is 1. The van der Waals surface area contributed by atoms with Crippen LogP contribution in [0.25, 0.3) is 0 Å². The number of hydrogen-bond donors (Lipinski definition) is 2. The van der Waals surface area contributed by atoms with Gasteiger partial charge in [0.05, 0.1) is 0 Å². The molecule has 0 aromatic carbocycles. The van der Waals surface area contributed by atoms with Crippen LogP contribution in [-0.4, -0.2) is 24.3 Å². The molecule has 0 radical (unpaired) electrons. The quantitative estimate of drug-likeness (QED) is 0.487. The summed E-state index contributed by atoms with van der Waals surface area (Å²) in [5, 5.41) is 8.35. The zero-order valence-corrected chi connectivity index (χ0v) is 12.0. The number of aliphatic carboxylic acids is 1. The van der Waals surface area contributed by atoms with Gasteiger partial charge in [0.1, 0.15) is 6.61 Å². The van der Waals surface area contributed by atoms with Crippen molar-refractivity contribution in [3.63, 3.8) is 0 Å². The summed E-state index contributed by atoms with van der Waals surface area (Å²) in [6, 6.07) is 0. The molecule has 0 amide bonds. The van der Waals surface area contributed by atoms with Crippen LogP contribution >= 0.6 is 0 Å². The van der Waals surface area contributed by atoms with E-state index in [4.69, 9.17) is 9.84 Å². The van der Waals surface area contributed by atoms with Crippen LogP contribution < -0.4 is 6.15 Å². The summed E-state index contributed by atoms with van der Waals surface area (Å²) in [6.45, 7) is 2.67. The van der Waals surface area contributed by atoms with Gasteiger partial charge in [0.25, 0.3) is 0 Å². The molecule has 4 nitrogen and oxygen atoms in total. The summed E-state index contributed by atoms with van der Waals surface area (Å²) in [5.74, 6) is -0.878. The molecule has 18 heavy (non-hydrogen) atoms. The third-order valence-corrected chi connectivity index (χ3v) is 2.87. The van der Waals surface area contributed by atoms with Gasteiger partial charge in [0.15, 0.2) is 0 Å². The fourth-order valence-electron chi connectivity index (χ4n) is 1.85. The molecule has 4 N–H and O–H groups in total. The van der Waals surface area contributed by atoms with E-state index in [9.17, 15) is 4.79 Å². The van der Waals surface area contributed by atoms with E-state index in [1.807, 2.05) is 0 Å². The first kappa shape index (κ1) is 19.7. The standard InChI is InChI=1S/C14H28O3.H3N/c1-2-3-4-5-6-7-8-9-10-11-12-17-13-14(15)16;/h2-13H2,1H3,(H,15,16);1H3. The Kier molecular flexibility index (Phi) is 18.0. The first-order valence-electron chi connectivity index (χ1n) is 7.07. The summed E-state index contributed by atoms with van der Waals surface area (Å²) in [6.07, 6.45) is 12.9. The van der Waals surface area contributed by atoms with Crippen molar-refractivity contribution in [2.75, 3.05) is 13.2 Å². The van der Waals surface area contributed by atoms with Gasteiger partial charge in [-0.15, -0.1) is 0 Å².